The molecule has 3 nitrogen and oxygen atoms in total. The highest BCUT2D eigenvalue weighted by molar-refractivity contribution is 5.67. The number of nitrogens with zero attached hydrogens (tertiary/aromatic N) is 1. The maximum atomic E-state index is 9.86. The Morgan fingerprint density at radius 2 is 2.06 bits per heavy atom. The van der Waals surface area contributed by atoms with Crippen molar-refractivity contribution < 1.29 is 5.11 Å². The largest absolute Gasteiger partial charge is 0.507 e. The Morgan fingerprint density at radius 1 is 1.22 bits per heavy atom. The lowest BCUT2D eigenvalue weighted by molar-refractivity contribution is 0.477. The quantitative estimate of drug-likeness (QED) is 0.848. The minimum atomic E-state index is 0.285. The molecule has 3 rings (SSSR count). The number of para-hydroxylation sites is 1. The van der Waals surface area contributed by atoms with Gasteiger partial charge in [-0.2, -0.15) is 0 Å². The van der Waals surface area contributed by atoms with Crippen molar-refractivity contribution in [1.82, 2.24) is 10.3 Å². The van der Waals surface area contributed by atoms with Crippen LogP contribution in [0.1, 0.15) is 23.7 Å². The van der Waals surface area contributed by atoms with Crippen LogP contribution in [0.2, 0.25) is 0 Å². The molecule has 1 aromatic heterocycles. The van der Waals surface area contributed by atoms with Crippen molar-refractivity contribution >= 4 is 0 Å². The summed E-state index contributed by atoms with van der Waals surface area (Å²) in [7, 11) is 1.98. The van der Waals surface area contributed by atoms with Crippen LogP contribution in [0.4, 0.5) is 0 Å². The van der Waals surface area contributed by atoms with Gasteiger partial charge in [0.1, 0.15) is 5.75 Å². The topological polar surface area (TPSA) is 45.2 Å². The molecule has 0 fully saturated rings. The molecule has 2 aromatic rings. The molecule has 0 saturated carbocycles. The lowest BCUT2D eigenvalue weighted by Gasteiger charge is -2.10. The number of rotatable bonds is 2. The van der Waals surface area contributed by atoms with Crippen LogP contribution >= 0.6 is 0 Å². The first-order chi connectivity index (χ1) is 8.79. The van der Waals surface area contributed by atoms with Crippen LogP contribution in [0.3, 0.4) is 0 Å². The lowest BCUT2D eigenvalue weighted by atomic mass is 10.1. The van der Waals surface area contributed by atoms with Crippen molar-refractivity contribution in [2.75, 3.05) is 7.05 Å². The monoisotopic (exact) mass is 240 g/mol. The van der Waals surface area contributed by atoms with Gasteiger partial charge in [-0.3, -0.25) is 4.98 Å². The van der Waals surface area contributed by atoms with Crippen molar-refractivity contribution in [2.45, 2.75) is 18.9 Å². The van der Waals surface area contributed by atoms with Crippen LogP contribution in [0.15, 0.2) is 36.4 Å². The molecule has 92 valence electrons. The van der Waals surface area contributed by atoms with Crippen molar-refractivity contribution in [3.8, 4) is 17.0 Å². The van der Waals surface area contributed by atoms with Gasteiger partial charge in [-0.15, -0.1) is 0 Å². The number of aryl methyl sites for hydroxylation is 1. The Morgan fingerprint density at radius 3 is 2.83 bits per heavy atom. The van der Waals surface area contributed by atoms with E-state index in [0.29, 0.717) is 6.04 Å². The van der Waals surface area contributed by atoms with E-state index in [9.17, 15) is 5.11 Å². The van der Waals surface area contributed by atoms with Crippen LogP contribution in [-0.2, 0) is 6.42 Å². The maximum Gasteiger partial charge on any atom is 0.124 e. The second-order valence-electron chi connectivity index (χ2n) is 4.63. The normalized spacial score (nSPS) is 17.7. The van der Waals surface area contributed by atoms with Crippen LogP contribution in [0.25, 0.3) is 11.3 Å². The van der Waals surface area contributed by atoms with Gasteiger partial charge >= 0.3 is 0 Å². The molecule has 18 heavy (non-hydrogen) atoms. The molecule has 1 aliphatic rings. The molecule has 1 heterocycles. The molecule has 0 radical (unpaired) electrons. The zero-order valence-electron chi connectivity index (χ0n) is 10.4. The number of hydrogen-bond donors (Lipinski definition) is 2. The van der Waals surface area contributed by atoms with E-state index in [2.05, 4.69) is 16.4 Å². The van der Waals surface area contributed by atoms with Crippen molar-refractivity contribution in [3.05, 3.63) is 47.7 Å². The highest BCUT2D eigenvalue weighted by atomic mass is 16.3. The molecular formula is C15H16N2O. The minimum Gasteiger partial charge on any atom is -0.507 e. The van der Waals surface area contributed by atoms with Gasteiger partial charge in [-0.05, 0) is 43.7 Å². The summed E-state index contributed by atoms with van der Waals surface area (Å²) in [6.07, 6.45) is 2.10. The number of pyridine rings is 1. The lowest BCUT2D eigenvalue weighted by Crippen LogP contribution is -2.12. The molecule has 0 saturated heterocycles. The second kappa shape index (κ2) is 4.42. The third kappa shape index (κ3) is 1.77. The number of fused-ring (bicyclic) bond motifs is 1. The summed E-state index contributed by atoms with van der Waals surface area (Å²) in [5.41, 5.74) is 4.09. The minimum absolute atomic E-state index is 0.285. The van der Waals surface area contributed by atoms with E-state index >= 15 is 0 Å². The Hall–Kier alpha value is -1.87. The Kier molecular flexibility index (Phi) is 2.76. The number of aromatic hydroxyl groups is 1. The van der Waals surface area contributed by atoms with Crippen LogP contribution in [-0.4, -0.2) is 17.1 Å². The average molecular weight is 240 g/mol. The van der Waals surface area contributed by atoms with E-state index in [1.54, 1.807) is 6.07 Å². The zero-order valence-corrected chi connectivity index (χ0v) is 10.4. The summed E-state index contributed by atoms with van der Waals surface area (Å²) in [6.45, 7) is 0. The van der Waals surface area contributed by atoms with Gasteiger partial charge in [0.05, 0.1) is 5.69 Å². The van der Waals surface area contributed by atoms with Crippen LogP contribution < -0.4 is 5.32 Å². The van der Waals surface area contributed by atoms with Crippen molar-refractivity contribution in [2.24, 2.45) is 0 Å². The van der Waals surface area contributed by atoms with Crippen molar-refractivity contribution in [3.63, 3.8) is 0 Å². The summed E-state index contributed by atoms with van der Waals surface area (Å²) in [4.78, 5) is 4.68. The Bertz CT molecular complexity index is 580. The molecule has 1 atom stereocenters. The molecule has 0 bridgehead atoms. The van der Waals surface area contributed by atoms with Gasteiger partial charge in [0.15, 0.2) is 0 Å². The standard InChI is InChI=1S/C15H16N2O/c1-16-12-8-9-13-10(12)6-7-14(17-13)11-4-2-3-5-15(11)18/h2-7,12,16,18H,8-9H2,1H3. The molecule has 2 N–H and O–H groups in total. The predicted octanol–water partition coefficient (Wildman–Crippen LogP) is 2.66. The number of phenols is 1. The van der Waals surface area contributed by atoms with E-state index in [4.69, 9.17) is 0 Å². The number of phenolic OH excluding ortho intramolecular Hbond substituents is 1. The van der Waals surface area contributed by atoms with E-state index in [1.165, 1.54) is 5.56 Å². The average Bonchev–Trinajstić information content (AvgIpc) is 2.81. The molecule has 1 unspecified atom stereocenters. The molecular weight excluding hydrogens is 224 g/mol. The van der Waals surface area contributed by atoms with E-state index in [0.717, 1.165) is 29.8 Å². The van der Waals surface area contributed by atoms with Gasteiger partial charge in [-0.1, -0.05) is 18.2 Å². The highest BCUT2D eigenvalue weighted by Crippen LogP contribution is 2.33. The number of benzene rings is 1. The Balaban J connectivity index is 2.04. The Labute approximate surface area is 107 Å². The van der Waals surface area contributed by atoms with Crippen LogP contribution in [0, 0.1) is 0 Å². The van der Waals surface area contributed by atoms with Crippen molar-refractivity contribution in [1.29, 1.82) is 0 Å². The fourth-order valence-corrected chi connectivity index (χ4v) is 2.61. The second-order valence-corrected chi connectivity index (χ2v) is 4.63. The number of hydrogen-bond acceptors (Lipinski definition) is 3. The van der Waals surface area contributed by atoms with E-state index < -0.39 is 0 Å². The van der Waals surface area contributed by atoms with Gasteiger partial charge in [0.2, 0.25) is 0 Å². The zero-order chi connectivity index (χ0) is 12.5. The van der Waals surface area contributed by atoms with Gasteiger partial charge < -0.3 is 10.4 Å². The summed E-state index contributed by atoms with van der Waals surface area (Å²) >= 11 is 0. The SMILES string of the molecule is CNC1CCc2nc(-c3ccccc3O)ccc21. The third-order valence-electron chi connectivity index (χ3n) is 3.58. The molecule has 0 aliphatic heterocycles. The summed E-state index contributed by atoms with van der Waals surface area (Å²) in [6, 6.07) is 11.9. The molecule has 1 aliphatic carbocycles. The number of nitrogens with one attached hydrogen (secondary N) is 1. The maximum absolute atomic E-state index is 9.86. The molecule has 0 spiro atoms. The highest BCUT2D eigenvalue weighted by Gasteiger charge is 2.22. The molecule has 3 heteroatoms. The first kappa shape index (κ1) is 11.2. The fourth-order valence-electron chi connectivity index (χ4n) is 2.61. The van der Waals surface area contributed by atoms with Gasteiger partial charge in [-0.25, -0.2) is 0 Å². The fraction of sp³-hybridized carbons (Fsp3) is 0.267. The predicted molar refractivity (Wildman–Crippen MR) is 71.5 cm³/mol. The van der Waals surface area contributed by atoms with Crippen LogP contribution in [0.5, 0.6) is 5.75 Å². The van der Waals surface area contributed by atoms with Gasteiger partial charge in [0.25, 0.3) is 0 Å². The van der Waals surface area contributed by atoms with E-state index in [-0.39, 0.29) is 5.75 Å². The van der Waals surface area contributed by atoms with E-state index in [1.807, 2.05) is 31.3 Å². The third-order valence-corrected chi connectivity index (χ3v) is 3.58. The number of aromatic nitrogens is 1. The first-order valence-corrected chi connectivity index (χ1v) is 6.25. The molecule has 0 amide bonds. The summed E-state index contributed by atoms with van der Waals surface area (Å²) in [5, 5.41) is 13.2. The summed E-state index contributed by atoms with van der Waals surface area (Å²) < 4.78 is 0. The summed E-state index contributed by atoms with van der Waals surface area (Å²) in [5.74, 6) is 0.285. The first-order valence-electron chi connectivity index (χ1n) is 6.25. The molecule has 1 aromatic carbocycles. The van der Waals surface area contributed by atoms with Gasteiger partial charge in [0, 0.05) is 17.3 Å². The smallest absolute Gasteiger partial charge is 0.124 e.